The summed E-state index contributed by atoms with van der Waals surface area (Å²) in [6.07, 6.45) is 1.60. The Labute approximate surface area is 213 Å². The van der Waals surface area contributed by atoms with E-state index in [2.05, 4.69) is 28.4 Å². The van der Waals surface area contributed by atoms with E-state index in [9.17, 15) is 13.6 Å². The lowest BCUT2D eigenvalue weighted by molar-refractivity contribution is -0.125. The Hall–Kier alpha value is -1.55. The maximum Gasteiger partial charge on any atom is 0.494 e. The number of nitrogens with one attached hydrogen (secondary N) is 1. The van der Waals surface area contributed by atoms with Gasteiger partial charge in [-0.2, -0.15) is 0 Å². The number of carbonyl (C=O) groups excluding carboxylic acids is 1. The van der Waals surface area contributed by atoms with E-state index < -0.39 is 36.1 Å². The Bertz CT molecular complexity index is 1020. The van der Waals surface area contributed by atoms with Gasteiger partial charge < -0.3 is 19.5 Å². The van der Waals surface area contributed by atoms with Crippen LogP contribution in [-0.2, 0) is 19.5 Å². The van der Waals surface area contributed by atoms with Crippen molar-refractivity contribution in [1.29, 1.82) is 0 Å². The van der Waals surface area contributed by atoms with Crippen LogP contribution in [0.3, 0.4) is 0 Å². The second-order valence-electron chi connectivity index (χ2n) is 12.5. The van der Waals surface area contributed by atoms with Crippen LogP contribution in [0, 0.1) is 5.92 Å². The molecule has 1 saturated carbocycles. The van der Waals surface area contributed by atoms with Crippen LogP contribution in [0.1, 0.15) is 65.4 Å². The second-order valence-corrected chi connectivity index (χ2v) is 12.5. The van der Waals surface area contributed by atoms with Crippen LogP contribution in [-0.4, -0.2) is 73.8 Å². The van der Waals surface area contributed by atoms with Crippen LogP contribution in [0.25, 0.3) is 0 Å². The number of amides is 1. The van der Waals surface area contributed by atoms with E-state index in [0.717, 1.165) is 62.0 Å². The van der Waals surface area contributed by atoms with Crippen molar-refractivity contribution in [3.05, 3.63) is 23.8 Å². The smallest absolute Gasteiger partial charge is 0.399 e. The molecule has 6 rings (SSSR count). The van der Waals surface area contributed by atoms with E-state index in [4.69, 9.17) is 9.31 Å². The van der Waals surface area contributed by atoms with Crippen LogP contribution >= 0.6 is 0 Å². The van der Waals surface area contributed by atoms with E-state index in [-0.39, 0.29) is 18.0 Å². The zero-order valence-electron chi connectivity index (χ0n) is 21.9. The summed E-state index contributed by atoms with van der Waals surface area (Å²) in [4.78, 5) is 18.4. The average molecular weight is 501 g/mol. The Kier molecular flexibility index (Phi) is 5.84. The zero-order valence-corrected chi connectivity index (χ0v) is 21.9. The van der Waals surface area contributed by atoms with Gasteiger partial charge in [0.05, 0.1) is 16.6 Å². The molecule has 0 aromatic heterocycles. The van der Waals surface area contributed by atoms with Crippen LogP contribution in [0.4, 0.5) is 14.5 Å². The molecule has 0 radical (unpaired) electrons. The molecule has 4 heterocycles. The SMILES string of the molecule is CC1(C)OB(c2ccc3c(c2)N(C2CC(N4CCC(C(F)F)C4)C2)C(=O)C32CCNCC2)OC1(C)C. The molecular weight excluding hydrogens is 463 g/mol. The molecule has 1 atom stereocenters. The number of alkyl halides is 2. The molecule has 6 nitrogen and oxygen atoms in total. The third kappa shape index (κ3) is 3.68. The lowest BCUT2D eigenvalue weighted by Crippen LogP contribution is -2.57. The van der Waals surface area contributed by atoms with E-state index in [1.54, 1.807) is 0 Å². The number of hydrogen-bond donors (Lipinski definition) is 1. The summed E-state index contributed by atoms with van der Waals surface area (Å²) in [6, 6.07) is 6.70. The van der Waals surface area contributed by atoms with Gasteiger partial charge in [-0.25, -0.2) is 8.78 Å². The molecule has 9 heteroatoms. The highest BCUT2D eigenvalue weighted by atomic mass is 19.3. The van der Waals surface area contributed by atoms with Gasteiger partial charge in [0.25, 0.3) is 0 Å². The summed E-state index contributed by atoms with van der Waals surface area (Å²) in [5, 5.41) is 3.41. The van der Waals surface area contributed by atoms with Crippen molar-refractivity contribution in [2.75, 3.05) is 31.1 Å². The molecule has 196 valence electrons. The summed E-state index contributed by atoms with van der Waals surface area (Å²) in [5.41, 5.74) is 1.70. The first-order valence-corrected chi connectivity index (χ1v) is 13.6. The minimum Gasteiger partial charge on any atom is -0.399 e. The maximum atomic E-state index is 14.1. The number of piperidine rings is 1. The average Bonchev–Trinajstić information content (AvgIpc) is 3.43. The van der Waals surface area contributed by atoms with Crippen molar-refractivity contribution in [2.24, 2.45) is 5.92 Å². The molecule has 1 aliphatic carbocycles. The minimum absolute atomic E-state index is 0.106. The molecular formula is C27H38BF2N3O3. The number of rotatable bonds is 4. The number of likely N-dealkylation sites (tertiary alicyclic amines) is 1. The molecule has 1 amide bonds. The fourth-order valence-corrected chi connectivity index (χ4v) is 6.85. The minimum atomic E-state index is -2.24. The summed E-state index contributed by atoms with van der Waals surface area (Å²) < 4.78 is 39.0. The number of hydrogen-bond acceptors (Lipinski definition) is 5. The first kappa shape index (κ1) is 24.8. The summed E-state index contributed by atoms with van der Waals surface area (Å²) in [6.45, 7) is 11.1. The van der Waals surface area contributed by atoms with E-state index in [0.29, 0.717) is 13.0 Å². The molecule has 1 unspecified atom stereocenters. The van der Waals surface area contributed by atoms with Crippen LogP contribution in [0.2, 0.25) is 0 Å². The number of carbonyl (C=O) groups is 1. The predicted molar refractivity (Wildman–Crippen MR) is 136 cm³/mol. The van der Waals surface area contributed by atoms with Gasteiger partial charge in [-0.1, -0.05) is 12.1 Å². The first-order chi connectivity index (χ1) is 17.0. The third-order valence-electron chi connectivity index (χ3n) is 9.99. The number of halogens is 2. The number of nitrogens with zero attached hydrogens (tertiary/aromatic N) is 2. The van der Waals surface area contributed by atoms with Crippen molar-refractivity contribution >= 4 is 24.2 Å². The zero-order chi connectivity index (χ0) is 25.5. The van der Waals surface area contributed by atoms with Crippen molar-refractivity contribution < 1.29 is 22.9 Å². The summed E-state index contributed by atoms with van der Waals surface area (Å²) in [7, 11) is -0.480. The standard InChI is InChI=1S/C27H38BF2N3O3/c1-25(2)26(3,4)36-28(35-25)18-5-6-21-22(13-18)33(24(34)27(21)8-10-31-11-9-27)20-14-19(15-20)32-12-7-17(16-32)23(29)30/h5-6,13,17,19-20,23,31H,7-12,14-16H2,1-4H3. The van der Waals surface area contributed by atoms with Gasteiger partial charge in [-0.15, -0.1) is 0 Å². The molecule has 1 spiro atoms. The highest BCUT2D eigenvalue weighted by Crippen LogP contribution is 2.50. The van der Waals surface area contributed by atoms with Crippen molar-refractivity contribution in [2.45, 2.75) is 94.9 Å². The van der Waals surface area contributed by atoms with Crippen molar-refractivity contribution in [3.63, 3.8) is 0 Å². The van der Waals surface area contributed by atoms with Gasteiger partial charge in [-0.3, -0.25) is 9.69 Å². The number of fused-ring (bicyclic) bond motifs is 2. The van der Waals surface area contributed by atoms with E-state index >= 15 is 0 Å². The quantitative estimate of drug-likeness (QED) is 0.643. The molecule has 1 aromatic carbocycles. The summed E-state index contributed by atoms with van der Waals surface area (Å²) in [5.74, 6) is -0.306. The second kappa shape index (κ2) is 8.48. The normalized spacial score (nSPS) is 33.0. The van der Waals surface area contributed by atoms with Gasteiger partial charge in [0.15, 0.2) is 0 Å². The molecule has 36 heavy (non-hydrogen) atoms. The molecule has 3 saturated heterocycles. The monoisotopic (exact) mass is 501 g/mol. The van der Waals surface area contributed by atoms with Gasteiger partial charge in [-0.05, 0) is 96.5 Å². The Morgan fingerprint density at radius 3 is 2.33 bits per heavy atom. The van der Waals surface area contributed by atoms with Crippen molar-refractivity contribution in [3.8, 4) is 0 Å². The van der Waals surface area contributed by atoms with Crippen LogP contribution < -0.4 is 15.7 Å². The molecule has 4 aliphatic heterocycles. The highest BCUT2D eigenvalue weighted by molar-refractivity contribution is 6.62. The van der Waals surface area contributed by atoms with E-state index in [1.165, 1.54) is 0 Å². The Balaban J connectivity index is 1.27. The van der Waals surface area contributed by atoms with Crippen LogP contribution in [0.15, 0.2) is 18.2 Å². The highest BCUT2D eigenvalue weighted by Gasteiger charge is 2.56. The van der Waals surface area contributed by atoms with Gasteiger partial charge in [0.1, 0.15) is 0 Å². The lowest BCUT2D eigenvalue weighted by atomic mass is 9.72. The fourth-order valence-electron chi connectivity index (χ4n) is 6.85. The largest absolute Gasteiger partial charge is 0.494 e. The number of anilines is 1. The van der Waals surface area contributed by atoms with Gasteiger partial charge in [0, 0.05) is 30.2 Å². The Morgan fingerprint density at radius 1 is 1.06 bits per heavy atom. The van der Waals surface area contributed by atoms with Gasteiger partial charge >= 0.3 is 7.12 Å². The predicted octanol–water partition coefficient (Wildman–Crippen LogP) is 3.07. The summed E-state index contributed by atoms with van der Waals surface area (Å²) >= 11 is 0. The maximum absolute atomic E-state index is 14.1. The molecule has 4 fully saturated rings. The topological polar surface area (TPSA) is 54.0 Å². The molecule has 1 N–H and O–H groups in total. The molecule has 1 aromatic rings. The fraction of sp³-hybridized carbons (Fsp3) is 0.741. The molecule has 0 bridgehead atoms. The van der Waals surface area contributed by atoms with Gasteiger partial charge in [0.2, 0.25) is 12.3 Å². The van der Waals surface area contributed by atoms with Crippen LogP contribution in [0.5, 0.6) is 0 Å². The first-order valence-electron chi connectivity index (χ1n) is 13.6. The van der Waals surface area contributed by atoms with Crippen molar-refractivity contribution in [1.82, 2.24) is 10.2 Å². The third-order valence-corrected chi connectivity index (χ3v) is 9.99. The lowest BCUT2D eigenvalue weighted by Gasteiger charge is -2.46. The molecule has 5 aliphatic rings. The Morgan fingerprint density at radius 2 is 1.72 bits per heavy atom. The van der Waals surface area contributed by atoms with E-state index in [1.807, 2.05) is 32.6 Å². The number of benzene rings is 1.